The molecule has 27 heavy (non-hydrogen) atoms. The lowest BCUT2D eigenvalue weighted by molar-refractivity contribution is -0.141. The third-order valence-corrected chi connectivity index (χ3v) is 8.32. The minimum Gasteiger partial charge on any atom is -0.477 e. The number of nitrogens with zero attached hydrogens (tertiary/aromatic N) is 2. The van der Waals surface area contributed by atoms with Gasteiger partial charge in [-0.25, -0.2) is 4.79 Å². The SMILES string of the molecule is O=C(O)c1cc2c(s1)C1(CCN(C(=O)CN3C[C@@H]4CC[C@H]3C4)CC1)OCC2. The molecule has 4 heterocycles. The van der Waals surface area contributed by atoms with Gasteiger partial charge in [0.1, 0.15) is 10.5 Å². The molecule has 6 nitrogen and oxygen atoms in total. The largest absolute Gasteiger partial charge is 0.477 e. The molecular weight excluding hydrogens is 364 g/mol. The number of fused-ring (bicyclic) bond motifs is 4. The quantitative estimate of drug-likeness (QED) is 0.858. The molecule has 3 aliphatic heterocycles. The summed E-state index contributed by atoms with van der Waals surface area (Å²) in [4.78, 5) is 30.0. The molecule has 1 aliphatic carbocycles. The fraction of sp³-hybridized carbons (Fsp3) is 0.700. The molecule has 2 bridgehead atoms. The standard InChI is InChI=1S/C20H26N2O4S/c23-17(12-22-11-13-1-2-15(22)9-13)21-6-4-20(5-7-21)18-14(3-8-26-20)10-16(27-18)19(24)25/h10,13,15H,1-9,11-12H2,(H,24,25)/t13-,15+/m1/s1. The van der Waals surface area contributed by atoms with Crippen molar-refractivity contribution >= 4 is 23.2 Å². The molecule has 1 saturated carbocycles. The van der Waals surface area contributed by atoms with E-state index in [9.17, 15) is 14.7 Å². The first kappa shape index (κ1) is 17.6. The predicted octanol–water partition coefficient (Wildman–Crippen LogP) is 2.32. The molecule has 2 atom stereocenters. The number of carbonyl (C=O) groups is 2. The molecule has 0 aromatic carbocycles. The molecule has 5 rings (SSSR count). The van der Waals surface area contributed by atoms with E-state index in [-0.39, 0.29) is 5.91 Å². The molecular formula is C20H26N2O4S. The van der Waals surface area contributed by atoms with Crippen LogP contribution in [0.1, 0.15) is 52.2 Å². The molecule has 3 fully saturated rings. The van der Waals surface area contributed by atoms with E-state index in [0.717, 1.165) is 42.2 Å². The van der Waals surface area contributed by atoms with Crippen molar-refractivity contribution in [1.29, 1.82) is 0 Å². The van der Waals surface area contributed by atoms with Crippen molar-refractivity contribution in [2.75, 3.05) is 32.8 Å². The average molecular weight is 391 g/mol. The van der Waals surface area contributed by atoms with E-state index in [1.807, 2.05) is 11.0 Å². The van der Waals surface area contributed by atoms with Crippen LogP contribution < -0.4 is 0 Å². The zero-order valence-electron chi connectivity index (χ0n) is 15.5. The number of likely N-dealkylation sites (tertiary alicyclic amines) is 2. The highest BCUT2D eigenvalue weighted by molar-refractivity contribution is 7.14. The third kappa shape index (κ3) is 3.00. The number of carboxylic acid groups (broad SMARTS) is 1. The van der Waals surface area contributed by atoms with Gasteiger partial charge in [0.2, 0.25) is 5.91 Å². The fourth-order valence-electron chi connectivity index (χ4n) is 5.51. The number of carbonyl (C=O) groups excluding carboxylic acids is 1. The maximum absolute atomic E-state index is 12.8. The zero-order valence-corrected chi connectivity index (χ0v) is 16.3. The summed E-state index contributed by atoms with van der Waals surface area (Å²) in [6, 6.07) is 2.44. The van der Waals surface area contributed by atoms with E-state index < -0.39 is 11.6 Å². The van der Waals surface area contributed by atoms with E-state index >= 15 is 0 Å². The molecule has 1 N–H and O–H groups in total. The van der Waals surface area contributed by atoms with Crippen molar-refractivity contribution in [1.82, 2.24) is 9.80 Å². The van der Waals surface area contributed by atoms with Crippen LogP contribution in [-0.4, -0.2) is 65.6 Å². The molecule has 1 spiro atoms. The van der Waals surface area contributed by atoms with Crippen molar-refractivity contribution in [2.45, 2.75) is 50.2 Å². The first-order valence-electron chi connectivity index (χ1n) is 10.1. The van der Waals surface area contributed by atoms with Crippen molar-refractivity contribution in [3.63, 3.8) is 0 Å². The van der Waals surface area contributed by atoms with Gasteiger partial charge >= 0.3 is 5.97 Å². The molecule has 1 amide bonds. The van der Waals surface area contributed by atoms with E-state index in [4.69, 9.17) is 4.74 Å². The Kier molecular flexibility index (Phi) is 4.29. The van der Waals surface area contributed by atoms with Crippen LogP contribution in [0.2, 0.25) is 0 Å². The van der Waals surface area contributed by atoms with E-state index in [1.165, 1.54) is 30.6 Å². The lowest BCUT2D eigenvalue weighted by Crippen LogP contribution is -2.50. The third-order valence-electron chi connectivity index (χ3n) is 6.97. The Morgan fingerprint density at radius 3 is 2.78 bits per heavy atom. The Morgan fingerprint density at radius 1 is 1.30 bits per heavy atom. The molecule has 0 unspecified atom stereocenters. The van der Waals surface area contributed by atoms with Crippen LogP contribution in [0.5, 0.6) is 0 Å². The Morgan fingerprint density at radius 2 is 2.11 bits per heavy atom. The van der Waals surface area contributed by atoms with Gasteiger partial charge in [-0.15, -0.1) is 11.3 Å². The van der Waals surface area contributed by atoms with Gasteiger partial charge in [0, 0.05) is 30.6 Å². The van der Waals surface area contributed by atoms with Gasteiger partial charge in [-0.1, -0.05) is 0 Å². The van der Waals surface area contributed by atoms with Gasteiger partial charge in [0.05, 0.1) is 13.2 Å². The van der Waals surface area contributed by atoms with Crippen LogP contribution in [0.3, 0.4) is 0 Å². The molecule has 2 saturated heterocycles. The Labute approximate surface area is 163 Å². The van der Waals surface area contributed by atoms with Crippen molar-refractivity contribution in [3.05, 3.63) is 21.4 Å². The van der Waals surface area contributed by atoms with E-state index in [0.29, 0.717) is 37.2 Å². The summed E-state index contributed by atoms with van der Waals surface area (Å²) in [5.74, 6) is 0.187. The number of piperidine rings is 2. The van der Waals surface area contributed by atoms with Gasteiger partial charge in [-0.05, 0) is 56.1 Å². The minimum atomic E-state index is -0.864. The van der Waals surface area contributed by atoms with Crippen LogP contribution in [0.25, 0.3) is 0 Å². The molecule has 0 radical (unpaired) electrons. The molecule has 1 aromatic heterocycles. The first-order chi connectivity index (χ1) is 13.0. The highest BCUT2D eigenvalue weighted by Gasteiger charge is 2.44. The molecule has 7 heteroatoms. The van der Waals surface area contributed by atoms with Crippen LogP contribution >= 0.6 is 11.3 Å². The second-order valence-corrected chi connectivity index (χ2v) is 9.56. The van der Waals surface area contributed by atoms with Crippen LogP contribution in [0.4, 0.5) is 0 Å². The Balaban J connectivity index is 1.25. The van der Waals surface area contributed by atoms with Crippen LogP contribution in [0, 0.1) is 5.92 Å². The average Bonchev–Trinajstić information content (AvgIpc) is 3.38. The summed E-state index contributed by atoms with van der Waals surface area (Å²) in [5.41, 5.74) is 0.728. The van der Waals surface area contributed by atoms with Gasteiger partial charge in [-0.3, -0.25) is 9.69 Å². The number of rotatable bonds is 3. The topological polar surface area (TPSA) is 70.1 Å². The van der Waals surface area contributed by atoms with Gasteiger partial charge in [0.15, 0.2) is 0 Å². The molecule has 146 valence electrons. The number of hydrogen-bond acceptors (Lipinski definition) is 5. The van der Waals surface area contributed by atoms with Gasteiger partial charge in [-0.2, -0.15) is 0 Å². The number of ether oxygens (including phenoxy) is 1. The fourth-order valence-corrected chi connectivity index (χ4v) is 6.76. The summed E-state index contributed by atoms with van der Waals surface area (Å²) in [5, 5.41) is 9.33. The maximum Gasteiger partial charge on any atom is 0.345 e. The summed E-state index contributed by atoms with van der Waals surface area (Å²) in [6.07, 6.45) is 6.16. The Bertz CT molecular complexity index is 768. The van der Waals surface area contributed by atoms with Crippen LogP contribution in [0.15, 0.2) is 6.07 Å². The molecule has 1 aromatic rings. The van der Waals surface area contributed by atoms with E-state index in [2.05, 4.69) is 4.90 Å². The normalized spacial score (nSPS) is 29.3. The summed E-state index contributed by atoms with van der Waals surface area (Å²) in [6.45, 7) is 3.67. The monoisotopic (exact) mass is 390 g/mol. The first-order valence-corrected chi connectivity index (χ1v) is 10.9. The minimum absolute atomic E-state index is 0.242. The molecule has 4 aliphatic rings. The maximum atomic E-state index is 12.8. The Hall–Kier alpha value is -1.44. The van der Waals surface area contributed by atoms with Crippen molar-refractivity contribution in [3.8, 4) is 0 Å². The second kappa shape index (κ2) is 6.57. The van der Waals surface area contributed by atoms with Crippen LogP contribution in [-0.2, 0) is 21.6 Å². The smallest absolute Gasteiger partial charge is 0.345 e. The zero-order chi connectivity index (χ0) is 18.6. The summed E-state index contributed by atoms with van der Waals surface area (Å²) >= 11 is 1.36. The second-order valence-electron chi connectivity index (χ2n) is 8.51. The van der Waals surface area contributed by atoms with E-state index in [1.54, 1.807) is 0 Å². The lowest BCUT2D eigenvalue weighted by Gasteiger charge is -2.44. The van der Waals surface area contributed by atoms with Crippen molar-refractivity contribution in [2.24, 2.45) is 5.92 Å². The van der Waals surface area contributed by atoms with Gasteiger partial charge in [0.25, 0.3) is 0 Å². The highest BCUT2D eigenvalue weighted by Crippen LogP contribution is 2.45. The number of thiophene rings is 1. The summed E-state index contributed by atoms with van der Waals surface area (Å²) < 4.78 is 6.20. The predicted molar refractivity (Wildman–Crippen MR) is 101 cm³/mol. The number of amides is 1. The number of carboxylic acids is 1. The van der Waals surface area contributed by atoms with Gasteiger partial charge < -0.3 is 14.7 Å². The lowest BCUT2D eigenvalue weighted by atomic mass is 9.85. The number of hydrogen-bond donors (Lipinski definition) is 1. The highest BCUT2D eigenvalue weighted by atomic mass is 32.1. The number of aromatic carboxylic acids is 1. The van der Waals surface area contributed by atoms with Crippen molar-refractivity contribution < 1.29 is 19.4 Å². The summed E-state index contributed by atoms with van der Waals surface area (Å²) in [7, 11) is 0.